The van der Waals surface area contributed by atoms with E-state index in [2.05, 4.69) is 16.0 Å². The zero-order valence-electron chi connectivity index (χ0n) is 19.1. The topological polar surface area (TPSA) is 206 Å². The van der Waals surface area contributed by atoms with Crippen LogP contribution >= 0.6 is 15.2 Å². The number of nitrogens with one attached hydrogen (secondary N) is 3. The molecule has 15 heteroatoms. The van der Waals surface area contributed by atoms with Gasteiger partial charge in [-0.2, -0.15) is 0 Å². The molecule has 0 aromatic heterocycles. The van der Waals surface area contributed by atoms with Gasteiger partial charge in [0.05, 0.1) is 6.54 Å². The van der Waals surface area contributed by atoms with Crippen LogP contribution in [0.15, 0.2) is 0 Å². The van der Waals surface area contributed by atoms with E-state index in [-0.39, 0.29) is 37.5 Å². The van der Waals surface area contributed by atoms with Crippen molar-refractivity contribution in [2.45, 2.75) is 45.4 Å². The maximum Gasteiger partial charge on any atom is 0.339 e. The van der Waals surface area contributed by atoms with Gasteiger partial charge in [-0.15, -0.1) is 0 Å². The van der Waals surface area contributed by atoms with E-state index in [1.54, 1.807) is 0 Å². The average Bonchev–Trinajstić information content (AvgIpc) is 2.65. The van der Waals surface area contributed by atoms with Gasteiger partial charge in [-0.05, 0) is 25.9 Å². The normalized spacial score (nSPS) is 12.2. The standard InChI is InChI=1S/C18H38N4O9P2/c1-2-19-11-7-16(23)5-3-9-20-12-8-18(25)21-10-4-6-17(24)13-22(14-32(26,27)28)15-33(29,30)31/h19-20H,2-15H2,1H3,(H,21,25)(H2,26,27,28)(H2,29,30,31). The highest BCUT2D eigenvalue weighted by atomic mass is 31.2. The smallest absolute Gasteiger partial charge is 0.339 e. The molecule has 0 rings (SSSR count). The van der Waals surface area contributed by atoms with Crippen LogP contribution in [0.5, 0.6) is 0 Å². The summed E-state index contributed by atoms with van der Waals surface area (Å²) in [5.74, 6) is -0.453. The molecule has 7 N–H and O–H groups in total. The largest absolute Gasteiger partial charge is 0.356 e. The Morgan fingerprint density at radius 3 is 1.85 bits per heavy atom. The van der Waals surface area contributed by atoms with Crippen molar-refractivity contribution in [1.29, 1.82) is 0 Å². The highest BCUT2D eigenvalue weighted by Gasteiger charge is 2.27. The molecule has 0 aliphatic carbocycles. The SMILES string of the molecule is CCNCCC(=O)CCCNCCC(=O)NCCCC(=O)CN(CP(=O)(O)O)CP(=O)(O)O. The number of hydrogen-bond acceptors (Lipinski definition) is 8. The van der Waals surface area contributed by atoms with E-state index in [1.807, 2.05) is 6.92 Å². The highest BCUT2D eigenvalue weighted by Crippen LogP contribution is 2.40. The van der Waals surface area contributed by atoms with Crippen LogP contribution < -0.4 is 16.0 Å². The van der Waals surface area contributed by atoms with E-state index in [9.17, 15) is 23.5 Å². The second-order valence-electron chi connectivity index (χ2n) is 7.68. The minimum absolute atomic E-state index is 0.0147. The molecule has 0 fully saturated rings. The quantitative estimate of drug-likeness (QED) is 0.0751. The fraction of sp³-hybridized carbons (Fsp3) is 0.833. The molecule has 0 aliphatic heterocycles. The first kappa shape index (κ1) is 32.0. The molecule has 0 aromatic carbocycles. The first-order valence-corrected chi connectivity index (χ1v) is 14.4. The minimum atomic E-state index is -4.59. The molecule has 33 heavy (non-hydrogen) atoms. The van der Waals surface area contributed by atoms with E-state index in [0.29, 0.717) is 38.9 Å². The van der Waals surface area contributed by atoms with Gasteiger partial charge < -0.3 is 35.5 Å². The summed E-state index contributed by atoms with van der Waals surface area (Å²) >= 11 is 0. The van der Waals surface area contributed by atoms with Gasteiger partial charge in [0, 0.05) is 45.3 Å². The monoisotopic (exact) mass is 516 g/mol. The Kier molecular flexibility index (Phi) is 16.9. The summed E-state index contributed by atoms with van der Waals surface area (Å²) in [7, 11) is -9.18. The van der Waals surface area contributed by atoms with Gasteiger partial charge in [-0.1, -0.05) is 6.92 Å². The lowest BCUT2D eigenvalue weighted by Crippen LogP contribution is -2.32. The van der Waals surface area contributed by atoms with Gasteiger partial charge in [-0.25, -0.2) is 0 Å². The van der Waals surface area contributed by atoms with Gasteiger partial charge in [-0.3, -0.25) is 28.4 Å². The van der Waals surface area contributed by atoms with Crippen LogP contribution in [0, 0.1) is 0 Å². The third kappa shape index (κ3) is 22.5. The molecule has 13 nitrogen and oxygen atoms in total. The van der Waals surface area contributed by atoms with Crippen LogP contribution in [0.25, 0.3) is 0 Å². The second-order valence-corrected chi connectivity index (χ2v) is 10.9. The molecule has 0 aliphatic rings. The summed E-state index contributed by atoms with van der Waals surface area (Å²) in [5, 5.41) is 8.84. The van der Waals surface area contributed by atoms with Crippen molar-refractivity contribution in [2.75, 3.05) is 51.8 Å². The minimum Gasteiger partial charge on any atom is -0.356 e. The predicted octanol–water partition coefficient (Wildman–Crippen LogP) is -0.647. The third-order valence-corrected chi connectivity index (χ3v) is 5.83. The Morgan fingerprint density at radius 1 is 0.727 bits per heavy atom. The number of hydrogen-bond donors (Lipinski definition) is 7. The third-order valence-electron chi connectivity index (χ3n) is 4.29. The van der Waals surface area contributed by atoms with Crippen LogP contribution in [0.3, 0.4) is 0 Å². The van der Waals surface area contributed by atoms with E-state index in [0.717, 1.165) is 11.4 Å². The first-order valence-electron chi connectivity index (χ1n) is 10.9. The lowest BCUT2D eigenvalue weighted by molar-refractivity contribution is -0.122. The average molecular weight is 516 g/mol. The van der Waals surface area contributed by atoms with Gasteiger partial charge in [0.2, 0.25) is 5.91 Å². The lowest BCUT2D eigenvalue weighted by Gasteiger charge is -2.22. The zero-order chi connectivity index (χ0) is 25.3. The summed E-state index contributed by atoms with van der Waals surface area (Å²) in [6, 6.07) is 0. The fourth-order valence-electron chi connectivity index (χ4n) is 2.86. The number of ketones is 2. The number of carbonyl (C=O) groups is 3. The Hall–Kier alpha value is -1.01. The first-order chi connectivity index (χ1) is 15.3. The van der Waals surface area contributed by atoms with Crippen LogP contribution in [-0.4, -0.2) is 93.8 Å². The Labute approximate surface area is 194 Å². The summed E-state index contributed by atoms with van der Waals surface area (Å²) in [5.41, 5.74) is 0. The zero-order valence-corrected chi connectivity index (χ0v) is 20.9. The Balaban J connectivity index is 3.91. The molecule has 0 unspecified atom stereocenters. The van der Waals surface area contributed by atoms with Gasteiger partial charge >= 0.3 is 15.2 Å². The molecular formula is C18H38N4O9P2. The van der Waals surface area contributed by atoms with Crippen molar-refractivity contribution in [1.82, 2.24) is 20.9 Å². The van der Waals surface area contributed by atoms with Crippen molar-refractivity contribution < 1.29 is 43.1 Å². The maximum atomic E-state index is 12.0. The number of carbonyl (C=O) groups excluding carboxylic acids is 3. The van der Waals surface area contributed by atoms with Crippen LogP contribution in [0.4, 0.5) is 0 Å². The summed E-state index contributed by atoms with van der Waals surface area (Å²) in [6.45, 7) is 4.31. The lowest BCUT2D eigenvalue weighted by atomic mass is 10.1. The van der Waals surface area contributed by atoms with Gasteiger partial charge in [0.15, 0.2) is 0 Å². The molecule has 0 spiro atoms. The highest BCUT2D eigenvalue weighted by molar-refractivity contribution is 7.52. The molecule has 194 valence electrons. The molecule has 0 atom stereocenters. The molecule has 0 saturated carbocycles. The van der Waals surface area contributed by atoms with Crippen molar-refractivity contribution in [3.8, 4) is 0 Å². The summed E-state index contributed by atoms with van der Waals surface area (Å²) < 4.78 is 22.2. The Morgan fingerprint density at radius 2 is 1.27 bits per heavy atom. The molecule has 0 bridgehead atoms. The van der Waals surface area contributed by atoms with Gasteiger partial charge in [0.1, 0.15) is 24.1 Å². The second kappa shape index (κ2) is 17.4. The molecule has 0 saturated heterocycles. The summed E-state index contributed by atoms with van der Waals surface area (Å²) in [4.78, 5) is 72.1. The van der Waals surface area contributed by atoms with E-state index in [4.69, 9.17) is 19.6 Å². The van der Waals surface area contributed by atoms with E-state index >= 15 is 0 Å². The summed E-state index contributed by atoms with van der Waals surface area (Å²) in [6.07, 6.45) is 0.361. The van der Waals surface area contributed by atoms with Crippen molar-refractivity contribution in [2.24, 2.45) is 0 Å². The fourth-order valence-corrected chi connectivity index (χ4v) is 4.46. The molecule has 0 aromatic rings. The number of nitrogens with zero attached hydrogens (tertiary/aromatic N) is 1. The molecule has 0 heterocycles. The van der Waals surface area contributed by atoms with Gasteiger partial charge in [0.25, 0.3) is 0 Å². The number of amides is 1. The molecule has 1 amide bonds. The maximum absolute atomic E-state index is 12.0. The van der Waals surface area contributed by atoms with Crippen LogP contribution in [0.1, 0.15) is 45.4 Å². The van der Waals surface area contributed by atoms with Crippen LogP contribution in [-0.2, 0) is 23.5 Å². The Bertz CT molecular complexity index is 672. The van der Waals surface area contributed by atoms with Crippen molar-refractivity contribution >= 4 is 32.7 Å². The number of rotatable bonds is 21. The van der Waals surface area contributed by atoms with Crippen molar-refractivity contribution in [3.05, 3.63) is 0 Å². The predicted molar refractivity (Wildman–Crippen MR) is 123 cm³/mol. The molecule has 0 radical (unpaired) electrons. The van der Waals surface area contributed by atoms with Crippen molar-refractivity contribution in [3.63, 3.8) is 0 Å². The van der Waals surface area contributed by atoms with E-state index in [1.165, 1.54) is 0 Å². The molecular weight excluding hydrogens is 478 g/mol. The number of Topliss-reactive ketones (excluding diaryl/α,β-unsaturated/α-hetero) is 2. The van der Waals surface area contributed by atoms with Crippen LogP contribution in [0.2, 0.25) is 0 Å². The van der Waals surface area contributed by atoms with E-state index < -0.39 is 40.1 Å².